The molecule has 0 aliphatic carbocycles. The predicted octanol–water partition coefficient (Wildman–Crippen LogP) is 0.811. The highest BCUT2D eigenvalue weighted by Gasteiger charge is 2.11. The molecule has 0 aliphatic rings. The van der Waals surface area contributed by atoms with Crippen molar-refractivity contribution >= 4 is 11.9 Å². The summed E-state index contributed by atoms with van der Waals surface area (Å²) >= 11 is 0. The lowest BCUT2D eigenvalue weighted by atomic mass is 10.1. The van der Waals surface area contributed by atoms with E-state index in [1.807, 2.05) is 0 Å². The third kappa shape index (κ3) is 2.95. The number of aromatic nitrogens is 3. The Hall–Kier alpha value is -2.70. The van der Waals surface area contributed by atoms with Crippen LogP contribution in [0.3, 0.4) is 0 Å². The molecule has 98 valence electrons. The second-order valence-corrected chi connectivity index (χ2v) is 3.76. The zero-order valence-corrected chi connectivity index (χ0v) is 10.1. The lowest BCUT2D eigenvalue weighted by molar-refractivity contribution is 0.0585. The van der Waals surface area contributed by atoms with Crippen molar-refractivity contribution in [3.05, 3.63) is 47.5 Å². The molecular weight excluding hydrogens is 250 g/mol. The van der Waals surface area contributed by atoms with Crippen LogP contribution in [0.25, 0.3) is 0 Å². The normalized spacial score (nSPS) is 10.2. The molecule has 0 saturated carbocycles. The molecule has 0 unspecified atom stereocenters. The fourth-order valence-electron chi connectivity index (χ4n) is 1.55. The van der Waals surface area contributed by atoms with Gasteiger partial charge in [-0.2, -0.15) is 0 Å². The van der Waals surface area contributed by atoms with Crippen molar-refractivity contribution in [2.75, 3.05) is 7.11 Å². The molecule has 19 heavy (non-hydrogen) atoms. The van der Waals surface area contributed by atoms with Crippen LogP contribution in [0.1, 0.15) is 26.5 Å². The SMILES string of the molecule is COC(=O)c1ncn(Cc2cccc(C(=O)O)c2)n1. The Morgan fingerprint density at radius 3 is 2.89 bits per heavy atom. The van der Waals surface area contributed by atoms with Gasteiger partial charge in [-0.25, -0.2) is 19.3 Å². The maximum Gasteiger partial charge on any atom is 0.377 e. The number of methoxy groups -OCH3 is 1. The lowest BCUT2D eigenvalue weighted by Crippen LogP contribution is -2.07. The molecule has 2 aromatic rings. The molecule has 0 fully saturated rings. The van der Waals surface area contributed by atoms with Crippen molar-refractivity contribution in [2.45, 2.75) is 6.54 Å². The van der Waals surface area contributed by atoms with E-state index in [1.165, 1.54) is 24.2 Å². The summed E-state index contributed by atoms with van der Waals surface area (Å²) in [5, 5.41) is 12.8. The van der Waals surface area contributed by atoms with Crippen molar-refractivity contribution in [2.24, 2.45) is 0 Å². The Bertz CT molecular complexity index is 621. The zero-order chi connectivity index (χ0) is 13.8. The maximum atomic E-state index is 11.2. The first-order valence-corrected chi connectivity index (χ1v) is 5.40. The summed E-state index contributed by atoms with van der Waals surface area (Å²) in [6.45, 7) is 0.325. The van der Waals surface area contributed by atoms with E-state index in [4.69, 9.17) is 5.11 Å². The number of aromatic carboxylic acids is 1. The van der Waals surface area contributed by atoms with Crippen molar-refractivity contribution in [1.29, 1.82) is 0 Å². The van der Waals surface area contributed by atoms with Gasteiger partial charge in [0.15, 0.2) is 0 Å². The number of hydrogen-bond donors (Lipinski definition) is 1. The van der Waals surface area contributed by atoms with E-state index in [2.05, 4.69) is 14.8 Å². The van der Waals surface area contributed by atoms with E-state index in [0.717, 1.165) is 5.56 Å². The average molecular weight is 261 g/mol. The van der Waals surface area contributed by atoms with Crippen LogP contribution in [0.2, 0.25) is 0 Å². The third-order valence-corrected chi connectivity index (χ3v) is 2.42. The molecule has 1 aromatic heterocycles. The van der Waals surface area contributed by atoms with E-state index in [0.29, 0.717) is 6.54 Å². The summed E-state index contributed by atoms with van der Waals surface area (Å²) < 4.78 is 5.93. The van der Waals surface area contributed by atoms with Crippen LogP contribution in [-0.4, -0.2) is 38.9 Å². The second-order valence-electron chi connectivity index (χ2n) is 3.76. The van der Waals surface area contributed by atoms with Gasteiger partial charge in [-0.3, -0.25) is 0 Å². The molecule has 0 saturated heterocycles. The molecule has 0 bridgehead atoms. The number of carboxylic acids is 1. The summed E-state index contributed by atoms with van der Waals surface area (Å²) in [5.41, 5.74) is 0.951. The number of rotatable bonds is 4. The molecule has 0 spiro atoms. The molecule has 0 amide bonds. The Kier molecular flexibility index (Phi) is 3.56. The second kappa shape index (κ2) is 5.30. The van der Waals surface area contributed by atoms with Crippen LogP contribution < -0.4 is 0 Å². The van der Waals surface area contributed by atoms with Crippen molar-refractivity contribution in [3.8, 4) is 0 Å². The monoisotopic (exact) mass is 261 g/mol. The summed E-state index contributed by atoms with van der Waals surface area (Å²) in [6, 6.07) is 6.47. The number of carbonyl (C=O) groups is 2. The summed E-state index contributed by atoms with van der Waals surface area (Å²) in [4.78, 5) is 25.8. The summed E-state index contributed by atoms with van der Waals surface area (Å²) in [6.07, 6.45) is 1.39. The van der Waals surface area contributed by atoms with Gasteiger partial charge in [-0.05, 0) is 17.7 Å². The van der Waals surface area contributed by atoms with Crippen molar-refractivity contribution in [1.82, 2.24) is 14.8 Å². The number of hydrogen-bond acceptors (Lipinski definition) is 5. The molecule has 0 aliphatic heterocycles. The largest absolute Gasteiger partial charge is 0.478 e. The topological polar surface area (TPSA) is 94.3 Å². The van der Waals surface area contributed by atoms with E-state index in [9.17, 15) is 9.59 Å². The molecule has 7 heteroatoms. The number of benzene rings is 1. The number of nitrogens with zero attached hydrogens (tertiary/aromatic N) is 3. The van der Waals surface area contributed by atoms with Crippen LogP contribution in [-0.2, 0) is 11.3 Å². The van der Waals surface area contributed by atoms with Crippen molar-refractivity contribution in [3.63, 3.8) is 0 Å². The molecule has 1 aromatic carbocycles. The smallest absolute Gasteiger partial charge is 0.377 e. The number of carboxylic acid groups (broad SMARTS) is 1. The third-order valence-electron chi connectivity index (χ3n) is 2.42. The molecule has 0 radical (unpaired) electrons. The van der Waals surface area contributed by atoms with Gasteiger partial charge in [0.25, 0.3) is 5.82 Å². The van der Waals surface area contributed by atoms with Crippen LogP contribution >= 0.6 is 0 Å². The van der Waals surface area contributed by atoms with Crippen LogP contribution in [0, 0.1) is 0 Å². The standard InChI is InChI=1S/C12H11N3O4/c1-19-12(18)10-13-7-15(14-10)6-8-3-2-4-9(5-8)11(16)17/h2-5,7H,6H2,1H3,(H,16,17). The van der Waals surface area contributed by atoms with Gasteiger partial charge in [-0.1, -0.05) is 12.1 Å². The highest BCUT2D eigenvalue weighted by atomic mass is 16.5. The van der Waals surface area contributed by atoms with Gasteiger partial charge < -0.3 is 9.84 Å². The molecule has 2 rings (SSSR count). The van der Waals surface area contributed by atoms with Crippen LogP contribution in [0.4, 0.5) is 0 Å². The fourth-order valence-corrected chi connectivity index (χ4v) is 1.55. The van der Waals surface area contributed by atoms with Gasteiger partial charge in [0.05, 0.1) is 19.2 Å². The van der Waals surface area contributed by atoms with E-state index < -0.39 is 11.9 Å². The van der Waals surface area contributed by atoms with Gasteiger partial charge in [-0.15, -0.1) is 5.10 Å². The Labute approximate surface area is 108 Å². The minimum absolute atomic E-state index is 0.0307. The average Bonchev–Trinajstić information content (AvgIpc) is 2.86. The Morgan fingerprint density at radius 2 is 2.21 bits per heavy atom. The van der Waals surface area contributed by atoms with Gasteiger partial charge in [0.2, 0.25) is 0 Å². The first kappa shape index (κ1) is 12.7. The molecule has 1 heterocycles. The van der Waals surface area contributed by atoms with Crippen LogP contribution in [0.15, 0.2) is 30.6 Å². The zero-order valence-electron chi connectivity index (χ0n) is 10.1. The van der Waals surface area contributed by atoms with Gasteiger partial charge >= 0.3 is 11.9 Å². The summed E-state index contributed by atoms with van der Waals surface area (Å²) in [7, 11) is 1.25. The molecule has 0 atom stereocenters. The predicted molar refractivity (Wildman–Crippen MR) is 63.9 cm³/mol. The minimum atomic E-state index is -0.990. The highest BCUT2D eigenvalue weighted by molar-refractivity contribution is 5.87. The molecule has 7 nitrogen and oxygen atoms in total. The van der Waals surface area contributed by atoms with Crippen molar-refractivity contribution < 1.29 is 19.4 Å². The summed E-state index contributed by atoms with van der Waals surface area (Å²) in [5.74, 6) is -1.63. The number of ether oxygens (including phenoxy) is 1. The first-order valence-electron chi connectivity index (χ1n) is 5.40. The maximum absolute atomic E-state index is 11.2. The minimum Gasteiger partial charge on any atom is -0.478 e. The molecule has 1 N–H and O–H groups in total. The van der Waals surface area contributed by atoms with E-state index >= 15 is 0 Å². The highest BCUT2D eigenvalue weighted by Crippen LogP contribution is 2.07. The number of esters is 1. The van der Waals surface area contributed by atoms with E-state index in [-0.39, 0.29) is 11.4 Å². The molecular formula is C12H11N3O4. The van der Waals surface area contributed by atoms with Gasteiger partial charge in [0.1, 0.15) is 6.33 Å². The Morgan fingerprint density at radius 1 is 1.42 bits per heavy atom. The van der Waals surface area contributed by atoms with Gasteiger partial charge in [0, 0.05) is 0 Å². The first-order chi connectivity index (χ1) is 9.10. The lowest BCUT2D eigenvalue weighted by Gasteiger charge is -2.02. The number of carbonyl (C=O) groups excluding carboxylic acids is 1. The van der Waals surface area contributed by atoms with E-state index in [1.54, 1.807) is 18.2 Å². The van der Waals surface area contributed by atoms with Crippen LogP contribution in [0.5, 0.6) is 0 Å². The fraction of sp³-hybridized carbons (Fsp3) is 0.167. The quantitative estimate of drug-likeness (QED) is 0.818. The Balaban J connectivity index is 2.17.